The molecule has 0 radical (unpaired) electrons. The van der Waals surface area contributed by atoms with Crippen LogP contribution in [0.2, 0.25) is 0 Å². The maximum Gasteiger partial charge on any atom is 0.331 e. The van der Waals surface area contributed by atoms with Crippen molar-refractivity contribution < 1.29 is 81.4 Å². The topological polar surface area (TPSA) is 397 Å². The van der Waals surface area contributed by atoms with Crippen LogP contribution in [-0.4, -0.2) is 186 Å². The van der Waals surface area contributed by atoms with E-state index >= 15 is 0 Å². The molecule has 17 unspecified atom stereocenters. The summed E-state index contributed by atoms with van der Waals surface area (Å²) in [6.45, 7) is 7.72. The molecule has 0 heterocycles. The second-order valence-electron chi connectivity index (χ2n) is 23.0. The molecule has 0 fully saturated rings. The van der Waals surface area contributed by atoms with E-state index in [4.69, 9.17) is 21.6 Å². The van der Waals surface area contributed by atoms with Crippen molar-refractivity contribution >= 4 is 17.6 Å². The number of aliphatic hydroxyl groups excluding tert-OH is 14. The fraction of sp³-hybridized carbons (Fsp3) is 0.529. The van der Waals surface area contributed by atoms with Crippen LogP contribution in [0.15, 0.2) is 186 Å². The molecule has 1 aromatic carbocycles. The van der Waals surface area contributed by atoms with E-state index in [1.54, 1.807) is 43.4 Å². The van der Waals surface area contributed by atoms with Gasteiger partial charge in [-0.15, -0.1) is 0 Å². The number of aliphatic carboxylic acids is 1. The van der Waals surface area contributed by atoms with Crippen LogP contribution in [0.3, 0.4) is 0 Å². The van der Waals surface area contributed by atoms with Gasteiger partial charge in [-0.05, 0) is 70.3 Å². The molecule has 0 aliphatic heterocycles. The Bertz CT molecular complexity index is 2520. The van der Waals surface area contributed by atoms with Gasteiger partial charge in [0.05, 0.1) is 85.9 Å². The van der Waals surface area contributed by atoms with Crippen LogP contribution in [-0.2, 0) is 11.3 Å². The number of aliphatic imine (C=N–C) groups is 2. The highest BCUT2D eigenvalue weighted by Crippen LogP contribution is 2.22. The molecule has 19 N–H and O–H groups in total. The van der Waals surface area contributed by atoms with Crippen molar-refractivity contribution in [3.8, 4) is 0 Å². The van der Waals surface area contributed by atoms with E-state index in [0.29, 0.717) is 38.1 Å². The lowest BCUT2D eigenvalue weighted by Crippen LogP contribution is -2.41. The van der Waals surface area contributed by atoms with Crippen LogP contribution in [0, 0.1) is 17.8 Å². The zero-order chi connectivity index (χ0) is 67.2. The Hall–Kier alpha value is -6.05. The first-order valence-electron chi connectivity index (χ1n) is 31.2. The number of aliphatic hydroxyl groups is 14. The number of carboxylic acid groups (broad SMARTS) is 1. The molecule has 20 nitrogen and oxygen atoms in total. The molecular formula is C70H108N4O16. The molecule has 1 rings (SSSR count). The van der Waals surface area contributed by atoms with Gasteiger partial charge in [0.25, 0.3) is 0 Å². The number of hydrogen-bond donors (Lipinski definition) is 17. The molecule has 90 heavy (non-hydrogen) atoms. The first-order chi connectivity index (χ1) is 42.8. The van der Waals surface area contributed by atoms with Crippen molar-refractivity contribution in [2.75, 3.05) is 6.54 Å². The van der Waals surface area contributed by atoms with E-state index in [1.165, 1.54) is 31.2 Å². The predicted molar refractivity (Wildman–Crippen MR) is 356 cm³/mol. The number of allylic oxidation sites excluding steroid dienone is 16. The average Bonchev–Trinajstić information content (AvgIpc) is 2.87. The fourth-order valence-corrected chi connectivity index (χ4v) is 9.15. The van der Waals surface area contributed by atoms with Crippen molar-refractivity contribution in [3.63, 3.8) is 0 Å². The number of rotatable bonds is 48. The molecule has 0 aromatic heterocycles. The summed E-state index contributed by atoms with van der Waals surface area (Å²) in [5.41, 5.74) is 12.3. The zero-order valence-electron chi connectivity index (χ0n) is 53.0. The lowest BCUT2D eigenvalue weighted by atomic mass is 9.88. The summed E-state index contributed by atoms with van der Waals surface area (Å²) in [4.78, 5) is 19.4. The molecule has 17 atom stereocenters. The zero-order valence-corrected chi connectivity index (χ0v) is 53.0. The van der Waals surface area contributed by atoms with Gasteiger partial charge in [-0.1, -0.05) is 191 Å². The van der Waals surface area contributed by atoms with Gasteiger partial charge in [0.2, 0.25) is 0 Å². The van der Waals surface area contributed by atoms with E-state index in [0.717, 1.165) is 18.4 Å². The lowest BCUT2D eigenvalue weighted by molar-refractivity contribution is -0.132. The van der Waals surface area contributed by atoms with E-state index in [-0.39, 0.29) is 75.2 Å². The fourth-order valence-electron chi connectivity index (χ4n) is 9.15. The first-order valence-corrected chi connectivity index (χ1v) is 31.2. The van der Waals surface area contributed by atoms with E-state index in [9.17, 15) is 76.3 Å². The predicted octanol–water partition coefficient (Wildman–Crippen LogP) is 5.47. The first kappa shape index (κ1) is 82.0. The number of hydrogen-bond acceptors (Lipinski definition) is 17. The van der Waals surface area contributed by atoms with Gasteiger partial charge >= 0.3 is 5.97 Å². The van der Waals surface area contributed by atoms with Gasteiger partial charge in [0.15, 0.2) is 5.96 Å². The lowest BCUT2D eigenvalue weighted by Gasteiger charge is -2.26. The van der Waals surface area contributed by atoms with Crippen LogP contribution < -0.4 is 11.5 Å². The van der Waals surface area contributed by atoms with Crippen LogP contribution >= 0.6 is 0 Å². The number of carbonyl (C=O) groups is 1. The molecule has 0 saturated carbocycles. The molecule has 504 valence electrons. The Balaban J connectivity index is 2.58. The molecule has 1 aromatic rings. The maximum atomic E-state index is 11.2. The molecule has 0 aliphatic carbocycles. The van der Waals surface area contributed by atoms with Crippen LogP contribution in [0.1, 0.15) is 123 Å². The highest BCUT2D eigenvalue weighted by Gasteiger charge is 2.29. The third-order valence-corrected chi connectivity index (χ3v) is 14.7. The standard InChI is InChI=1S/C70H108N4O16/c1-49(29-20-15-11-10-12-16-21-30-50(2)69(89)90)67(87)52(4)64(84)39-25-18-14-9-7-5-6-8-13-17-24-38-63(83)51(3)62(74-48-53-31-22-19-23-32-53)45-60(81)43-56(77)34-26-33-54(75)41-59(80)42-55(76)35-27-36-58(79)46-65(85)68(88)66(86)47-61(82)44-57(78)37-28-40-73-70(71)72/h5-10,12-14,16-27,29-32,34-35,39,49,51-52,54-61,63-68,75-88H,11,15,28,33,36-38,40-48H2,1-4H3,(H,89,90)(H4,71,72,73)/b6-5+,9-7+,12-10+,13-8+,18-14+,21-16+,24-17+,29-20+,34-26+,35-27+,39-25+,50-30+,74-62?. The average molecular weight is 1260 g/mol. The highest BCUT2D eigenvalue weighted by atomic mass is 16.4. The Morgan fingerprint density at radius 1 is 0.500 bits per heavy atom. The summed E-state index contributed by atoms with van der Waals surface area (Å²) in [5, 5.41) is 157. The third kappa shape index (κ3) is 41.4. The van der Waals surface area contributed by atoms with Crippen LogP contribution in [0.5, 0.6) is 0 Å². The normalized spacial score (nSPS) is 19.2. The number of guanidine groups is 1. The molecule has 0 amide bonds. The monoisotopic (exact) mass is 1260 g/mol. The van der Waals surface area contributed by atoms with Gasteiger partial charge in [-0.25, -0.2) is 4.79 Å². The van der Waals surface area contributed by atoms with Crippen molar-refractivity contribution in [2.45, 2.75) is 210 Å². The number of unbranched alkanes of at least 4 members (excludes halogenated alkanes) is 1. The summed E-state index contributed by atoms with van der Waals surface area (Å²) in [6.07, 6.45) is 26.1. The Morgan fingerprint density at radius 3 is 1.61 bits per heavy atom. The minimum atomic E-state index is -1.70. The number of nitrogens with two attached hydrogens (primary N) is 2. The summed E-state index contributed by atoms with van der Waals surface area (Å²) < 4.78 is 0. The number of carboxylic acids is 1. The largest absolute Gasteiger partial charge is 0.478 e. The van der Waals surface area contributed by atoms with E-state index in [2.05, 4.69) is 4.99 Å². The molecule has 0 bridgehead atoms. The SMILES string of the molecule is C\C(=C/C=C/C=C/CC/C=C/C(C)C(O)C(C)C(O)/C=C/C=C/C=C/C=C/C=C/C=C/CC(O)C(C)C(CC(O)CC(O)/C=C/CC(O)CC(O)CC(O)/C=C/CC(O)CC(O)C(O)C(O)CC(O)CC(O)CCCN=C(N)N)=NCc1ccccc1)C(=O)O. The molecule has 20 heteroatoms. The smallest absolute Gasteiger partial charge is 0.331 e. The Morgan fingerprint density at radius 2 is 1.01 bits per heavy atom. The van der Waals surface area contributed by atoms with Gasteiger partial charge in [-0.3, -0.25) is 9.98 Å². The minimum absolute atomic E-state index is 0.0438. The highest BCUT2D eigenvalue weighted by molar-refractivity contribution is 5.87. The van der Waals surface area contributed by atoms with Crippen LogP contribution in [0.25, 0.3) is 0 Å². The van der Waals surface area contributed by atoms with Crippen molar-refractivity contribution in [1.29, 1.82) is 0 Å². The summed E-state index contributed by atoms with van der Waals surface area (Å²) >= 11 is 0. The van der Waals surface area contributed by atoms with Crippen molar-refractivity contribution in [3.05, 3.63) is 181 Å². The summed E-state index contributed by atoms with van der Waals surface area (Å²) in [5.74, 6) is -2.00. The molecule has 0 saturated heterocycles. The van der Waals surface area contributed by atoms with E-state index < -0.39 is 103 Å². The summed E-state index contributed by atoms with van der Waals surface area (Å²) in [7, 11) is 0. The van der Waals surface area contributed by atoms with E-state index in [1.807, 2.05) is 123 Å². The summed E-state index contributed by atoms with van der Waals surface area (Å²) in [6, 6.07) is 9.57. The van der Waals surface area contributed by atoms with Crippen molar-refractivity contribution in [1.82, 2.24) is 0 Å². The van der Waals surface area contributed by atoms with Gasteiger partial charge in [0.1, 0.15) is 6.10 Å². The van der Waals surface area contributed by atoms with Gasteiger partial charge in [0, 0.05) is 67.7 Å². The molecular weight excluding hydrogens is 1150 g/mol. The Kier molecular flexibility index (Phi) is 45.2. The minimum Gasteiger partial charge on any atom is -0.478 e. The maximum absolute atomic E-state index is 11.2. The number of nitrogens with zero attached hydrogens (tertiary/aromatic N) is 2. The van der Waals surface area contributed by atoms with Crippen molar-refractivity contribution in [2.24, 2.45) is 39.2 Å². The third-order valence-electron chi connectivity index (χ3n) is 14.7. The van der Waals surface area contributed by atoms with Gasteiger partial charge < -0.3 is 88.1 Å². The number of benzene rings is 1. The molecule has 0 spiro atoms. The quantitative estimate of drug-likeness (QED) is 0.00960. The van der Waals surface area contributed by atoms with Crippen LogP contribution in [0.4, 0.5) is 0 Å². The molecule has 0 aliphatic rings. The van der Waals surface area contributed by atoms with Gasteiger partial charge in [-0.2, -0.15) is 0 Å². The second-order valence-corrected chi connectivity index (χ2v) is 23.0. The Labute approximate surface area is 533 Å². The second kappa shape index (κ2) is 49.6.